The largest absolute Gasteiger partial charge is 0.496 e. The SMILES string of the molecule is CCNC(c1ccc(C)c(Cl)c1)c1cc(F)ccc1OC. The molecule has 1 unspecified atom stereocenters. The van der Waals surface area contributed by atoms with Crippen LogP contribution >= 0.6 is 11.6 Å². The van der Waals surface area contributed by atoms with Gasteiger partial charge in [-0.25, -0.2) is 4.39 Å². The smallest absolute Gasteiger partial charge is 0.124 e. The van der Waals surface area contributed by atoms with Gasteiger partial charge in [0.25, 0.3) is 0 Å². The van der Waals surface area contributed by atoms with E-state index in [-0.39, 0.29) is 11.9 Å². The molecule has 0 saturated carbocycles. The van der Waals surface area contributed by atoms with Gasteiger partial charge >= 0.3 is 0 Å². The van der Waals surface area contributed by atoms with Crippen molar-refractivity contribution in [3.05, 3.63) is 63.9 Å². The summed E-state index contributed by atoms with van der Waals surface area (Å²) in [4.78, 5) is 0. The molecule has 0 spiro atoms. The third-order valence-corrected chi connectivity index (χ3v) is 3.85. The maximum Gasteiger partial charge on any atom is 0.124 e. The van der Waals surface area contributed by atoms with E-state index in [4.69, 9.17) is 16.3 Å². The highest BCUT2D eigenvalue weighted by atomic mass is 35.5. The van der Waals surface area contributed by atoms with E-state index in [2.05, 4.69) is 5.32 Å². The van der Waals surface area contributed by atoms with E-state index in [1.54, 1.807) is 13.2 Å². The summed E-state index contributed by atoms with van der Waals surface area (Å²) >= 11 is 6.22. The fraction of sp³-hybridized carbons (Fsp3) is 0.294. The van der Waals surface area contributed by atoms with Crippen LogP contribution in [-0.4, -0.2) is 13.7 Å². The summed E-state index contributed by atoms with van der Waals surface area (Å²) in [5.41, 5.74) is 2.76. The van der Waals surface area contributed by atoms with Crippen molar-refractivity contribution in [1.82, 2.24) is 5.32 Å². The highest BCUT2D eigenvalue weighted by molar-refractivity contribution is 6.31. The van der Waals surface area contributed by atoms with Crippen molar-refractivity contribution < 1.29 is 9.13 Å². The lowest BCUT2D eigenvalue weighted by Crippen LogP contribution is -2.22. The number of nitrogens with one attached hydrogen (secondary N) is 1. The Bertz CT molecular complexity index is 630. The van der Waals surface area contributed by atoms with Gasteiger partial charge in [0.15, 0.2) is 0 Å². The van der Waals surface area contributed by atoms with E-state index in [0.717, 1.165) is 23.2 Å². The van der Waals surface area contributed by atoms with Gasteiger partial charge in [-0.1, -0.05) is 30.7 Å². The number of hydrogen-bond donors (Lipinski definition) is 1. The predicted molar refractivity (Wildman–Crippen MR) is 84.7 cm³/mol. The molecule has 112 valence electrons. The first-order valence-electron chi connectivity index (χ1n) is 6.89. The van der Waals surface area contributed by atoms with Gasteiger partial charge in [-0.2, -0.15) is 0 Å². The van der Waals surface area contributed by atoms with E-state index >= 15 is 0 Å². The molecule has 1 atom stereocenters. The van der Waals surface area contributed by atoms with Gasteiger partial charge in [0.1, 0.15) is 11.6 Å². The molecule has 2 rings (SSSR count). The highest BCUT2D eigenvalue weighted by Gasteiger charge is 2.19. The molecule has 0 heterocycles. The van der Waals surface area contributed by atoms with Crippen molar-refractivity contribution in [2.24, 2.45) is 0 Å². The maximum atomic E-state index is 13.6. The standard InChI is InChI=1S/C17H19ClFNO/c1-4-20-17(12-6-5-11(2)15(18)9-12)14-10-13(19)7-8-16(14)21-3/h5-10,17,20H,4H2,1-3H3. The average molecular weight is 308 g/mol. The second-order valence-electron chi connectivity index (χ2n) is 4.89. The first-order chi connectivity index (χ1) is 10.1. The summed E-state index contributed by atoms with van der Waals surface area (Å²) in [5, 5.41) is 4.06. The minimum absolute atomic E-state index is 0.168. The molecule has 0 aliphatic carbocycles. The zero-order chi connectivity index (χ0) is 15.4. The normalized spacial score (nSPS) is 12.2. The van der Waals surface area contributed by atoms with Crippen LogP contribution in [0.4, 0.5) is 4.39 Å². The lowest BCUT2D eigenvalue weighted by Gasteiger charge is -2.22. The highest BCUT2D eigenvalue weighted by Crippen LogP contribution is 2.32. The lowest BCUT2D eigenvalue weighted by molar-refractivity contribution is 0.402. The molecular formula is C17H19ClFNO. The maximum absolute atomic E-state index is 13.6. The van der Waals surface area contributed by atoms with Gasteiger partial charge in [-0.3, -0.25) is 0 Å². The van der Waals surface area contributed by atoms with Crippen molar-refractivity contribution in [3.63, 3.8) is 0 Å². The molecule has 0 saturated heterocycles. The van der Waals surface area contributed by atoms with E-state index in [0.29, 0.717) is 10.8 Å². The van der Waals surface area contributed by atoms with Crippen LogP contribution in [0.2, 0.25) is 5.02 Å². The van der Waals surface area contributed by atoms with Crippen molar-refractivity contribution in [1.29, 1.82) is 0 Å². The number of methoxy groups -OCH3 is 1. The third-order valence-electron chi connectivity index (χ3n) is 3.44. The van der Waals surface area contributed by atoms with Gasteiger partial charge in [-0.05, 0) is 48.9 Å². The molecule has 2 aromatic carbocycles. The van der Waals surface area contributed by atoms with Crippen LogP contribution in [-0.2, 0) is 0 Å². The Morgan fingerprint density at radius 1 is 1.24 bits per heavy atom. The van der Waals surface area contributed by atoms with Crippen molar-refractivity contribution in [2.45, 2.75) is 19.9 Å². The third kappa shape index (κ3) is 3.55. The summed E-state index contributed by atoms with van der Waals surface area (Å²) in [5.74, 6) is 0.367. The molecule has 1 N–H and O–H groups in total. The first-order valence-corrected chi connectivity index (χ1v) is 7.27. The molecule has 0 aliphatic heterocycles. The summed E-state index contributed by atoms with van der Waals surface area (Å²) in [6.07, 6.45) is 0. The lowest BCUT2D eigenvalue weighted by atomic mass is 9.96. The van der Waals surface area contributed by atoms with Crippen LogP contribution in [0.3, 0.4) is 0 Å². The molecule has 2 aromatic rings. The van der Waals surface area contributed by atoms with Crippen LogP contribution < -0.4 is 10.1 Å². The first kappa shape index (κ1) is 15.8. The zero-order valence-corrected chi connectivity index (χ0v) is 13.2. The second kappa shape index (κ2) is 6.92. The number of ether oxygens (including phenoxy) is 1. The molecule has 2 nitrogen and oxygen atoms in total. The summed E-state index contributed by atoms with van der Waals surface area (Å²) in [6, 6.07) is 10.2. The Labute approximate surface area is 129 Å². The van der Waals surface area contributed by atoms with E-state index in [9.17, 15) is 4.39 Å². The number of benzene rings is 2. The van der Waals surface area contributed by atoms with Gasteiger partial charge in [0.2, 0.25) is 0 Å². The zero-order valence-electron chi connectivity index (χ0n) is 12.4. The summed E-state index contributed by atoms with van der Waals surface area (Å²) in [7, 11) is 1.59. The van der Waals surface area contributed by atoms with Crippen molar-refractivity contribution in [3.8, 4) is 5.75 Å². The molecule has 0 aliphatic rings. The summed E-state index contributed by atoms with van der Waals surface area (Å²) < 4.78 is 19.0. The fourth-order valence-corrected chi connectivity index (χ4v) is 2.52. The van der Waals surface area contributed by atoms with E-state index in [1.165, 1.54) is 12.1 Å². The molecule has 0 fully saturated rings. The minimum Gasteiger partial charge on any atom is -0.496 e. The van der Waals surface area contributed by atoms with Crippen LogP contribution in [0, 0.1) is 12.7 Å². The minimum atomic E-state index is -0.285. The Morgan fingerprint density at radius 3 is 2.62 bits per heavy atom. The quantitative estimate of drug-likeness (QED) is 0.878. The van der Waals surface area contributed by atoms with Crippen molar-refractivity contribution >= 4 is 11.6 Å². The Morgan fingerprint density at radius 2 is 2.00 bits per heavy atom. The molecular weight excluding hydrogens is 289 g/mol. The fourth-order valence-electron chi connectivity index (χ4n) is 2.33. The van der Waals surface area contributed by atoms with Gasteiger partial charge in [0.05, 0.1) is 13.2 Å². The van der Waals surface area contributed by atoms with Crippen molar-refractivity contribution in [2.75, 3.05) is 13.7 Å². The summed E-state index contributed by atoms with van der Waals surface area (Å²) in [6.45, 7) is 4.71. The molecule has 21 heavy (non-hydrogen) atoms. The van der Waals surface area contributed by atoms with Crippen LogP contribution in [0.15, 0.2) is 36.4 Å². The molecule has 0 aromatic heterocycles. The number of rotatable bonds is 5. The average Bonchev–Trinajstić information content (AvgIpc) is 2.48. The molecule has 4 heteroatoms. The topological polar surface area (TPSA) is 21.3 Å². The van der Waals surface area contributed by atoms with Gasteiger partial charge < -0.3 is 10.1 Å². The van der Waals surface area contributed by atoms with Gasteiger partial charge in [0, 0.05) is 10.6 Å². The number of aryl methyl sites for hydroxylation is 1. The van der Waals surface area contributed by atoms with Crippen LogP contribution in [0.1, 0.15) is 29.7 Å². The number of hydrogen-bond acceptors (Lipinski definition) is 2. The Kier molecular flexibility index (Phi) is 5.21. The molecule has 0 bridgehead atoms. The Balaban J connectivity index is 2.52. The van der Waals surface area contributed by atoms with E-state index < -0.39 is 0 Å². The second-order valence-corrected chi connectivity index (χ2v) is 5.29. The van der Waals surface area contributed by atoms with Crippen LogP contribution in [0.5, 0.6) is 5.75 Å². The van der Waals surface area contributed by atoms with Crippen LogP contribution in [0.25, 0.3) is 0 Å². The van der Waals surface area contributed by atoms with Gasteiger partial charge in [-0.15, -0.1) is 0 Å². The van der Waals surface area contributed by atoms with E-state index in [1.807, 2.05) is 32.0 Å². The number of halogens is 2. The predicted octanol–water partition coefficient (Wildman–Crippen LogP) is 4.50. The Hall–Kier alpha value is -1.58. The molecule has 0 amide bonds. The monoisotopic (exact) mass is 307 g/mol. The molecule has 0 radical (unpaired) electrons.